The van der Waals surface area contributed by atoms with Crippen molar-refractivity contribution in [3.63, 3.8) is 0 Å². The quantitative estimate of drug-likeness (QED) is 0.411. The number of nitrogens with one attached hydrogen (secondary N) is 2. The Morgan fingerprint density at radius 2 is 1.97 bits per heavy atom. The van der Waals surface area contributed by atoms with Crippen molar-refractivity contribution in [3.8, 4) is 16.9 Å². The minimum absolute atomic E-state index is 0.0344. The third-order valence-electron chi connectivity index (χ3n) is 5.06. The van der Waals surface area contributed by atoms with Gasteiger partial charge in [-0.1, -0.05) is 37.6 Å². The summed E-state index contributed by atoms with van der Waals surface area (Å²) in [5.41, 5.74) is 2.92. The van der Waals surface area contributed by atoms with E-state index in [0.29, 0.717) is 32.8 Å². The zero-order chi connectivity index (χ0) is 22.3. The summed E-state index contributed by atoms with van der Waals surface area (Å²) in [6, 6.07) is 9.14. The van der Waals surface area contributed by atoms with Crippen molar-refractivity contribution < 1.29 is 23.4 Å². The third-order valence-corrected chi connectivity index (χ3v) is 6.02. The maximum atomic E-state index is 11.5. The van der Waals surface area contributed by atoms with Gasteiger partial charge in [0.15, 0.2) is 0 Å². The predicted molar refractivity (Wildman–Crippen MR) is 118 cm³/mol. The summed E-state index contributed by atoms with van der Waals surface area (Å²) in [4.78, 5) is 3.00. The van der Waals surface area contributed by atoms with Gasteiger partial charge in [0.2, 0.25) is 10.0 Å². The molecule has 162 valence electrons. The van der Waals surface area contributed by atoms with Gasteiger partial charge in [-0.2, -0.15) is 4.72 Å². The summed E-state index contributed by atoms with van der Waals surface area (Å²) < 4.78 is 30.7. The fourth-order valence-corrected chi connectivity index (χ4v) is 4.19. The summed E-state index contributed by atoms with van der Waals surface area (Å²) in [5, 5.41) is 21.1. The first kappa shape index (κ1) is 22.6. The molecule has 0 fully saturated rings. The molecule has 0 bridgehead atoms. The summed E-state index contributed by atoms with van der Waals surface area (Å²) in [5.74, 6) is 0.621. The van der Waals surface area contributed by atoms with Crippen molar-refractivity contribution in [2.24, 2.45) is 0 Å². The van der Waals surface area contributed by atoms with E-state index in [1.807, 2.05) is 32.0 Å². The highest BCUT2D eigenvalue weighted by Crippen LogP contribution is 2.39. The number of aromatic nitrogens is 1. The van der Waals surface area contributed by atoms with E-state index in [4.69, 9.17) is 16.3 Å². The summed E-state index contributed by atoms with van der Waals surface area (Å²) in [7, 11) is -2.03. The second-order valence-corrected chi connectivity index (χ2v) is 10.1. The molecule has 0 aliphatic rings. The number of aliphatic hydroxyl groups is 2. The molecule has 0 radical (unpaired) electrons. The Balaban J connectivity index is 2.12. The fourth-order valence-electron chi connectivity index (χ4n) is 3.38. The molecule has 1 aromatic heterocycles. The van der Waals surface area contributed by atoms with E-state index >= 15 is 0 Å². The number of aliphatic hydroxyl groups excluding tert-OH is 2. The number of H-pyrrole nitrogens is 1. The molecule has 7 nitrogen and oxygen atoms in total. The molecule has 0 aliphatic heterocycles. The Morgan fingerprint density at radius 3 is 2.57 bits per heavy atom. The number of sulfonamides is 1. The van der Waals surface area contributed by atoms with Crippen LogP contribution >= 0.6 is 11.6 Å². The average molecular weight is 453 g/mol. The van der Waals surface area contributed by atoms with E-state index in [9.17, 15) is 18.6 Å². The zero-order valence-electron chi connectivity index (χ0n) is 17.2. The molecule has 1 heterocycles. The lowest BCUT2D eigenvalue weighted by Gasteiger charge is -2.25. The van der Waals surface area contributed by atoms with E-state index in [2.05, 4.69) is 9.71 Å². The normalized spacial score (nSPS) is 13.6. The van der Waals surface area contributed by atoms with Gasteiger partial charge in [0.1, 0.15) is 12.0 Å². The van der Waals surface area contributed by atoms with E-state index in [0.717, 1.165) is 17.4 Å². The maximum Gasteiger partial charge on any atom is 0.211 e. The Kier molecular flexibility index (Phi) is 6.18. The smallest absolute Gasteiger partial charge is 0.211 e. The third kappa shape index (κ3) is 4.48. The molecular weight excluding hydrogens is 428 g/mol. The highest BCUT2D eigenvalue weighted by Gasteiger charge is 2.24. The van der Waals surface area contributed by atoms with E-state index in [1.54, 1.807) is 25.4 Å². The second-order valence-electron chi connectivity index (χ2n) is 7.87. The summed E-state index contributed by atoms with van der Waals surface area (Å²) in [6.07, 6.45) is 1.13. The van der Waals surface area contributed by atoms with E-state index in [-0.39, 0.29) is 6.61 Å². The summed E-state index contributed by atoms with van der Waals surface area (Å²) in [6.45, 7) is 3.81. The Bertz CT molecular complexity index is 1190. The highest BCUT2D eigenvalue weighted by atomic mass is 35.5. The maximum absolute atomic E-state index is 11.5. The number of ether oxygens (including phenoxy) is 1. The largest absolute Gasteiger partial charge is 0.496 e. The second kappa shape index (κ2) is 8.20. The Hall–Kier alpha value is -2.10. The number of halogens is 1. The lowest BCUT2D eigenvalue weighted by molar-refractivity contribution is 0.168. The number of hydrogen-bond donors (Lipinski definition) is 4. The van der Waals surface area contributed by atoms with Crippen LogP contribution in [0.5, 0.6) is 5.75 Å². The minimum atomic E-state index is -3.60. The first-order valence-electron chi connectivity index (χ1n) is 9.22. The van der Waals surface area contributed by atoms with Crippen LogP contribution in [0.3, 0.4) is 0 Å². The van der Waals surface area contributed by atoms with Gasteiger partial charge in [0.25, 0.3) is 0 Å². The molecule has 0 amide bonds. The van der Waals surface area contributed by atoms with Crippen molar-refractivity contribution in [2.75, 3.05) is 20.0 Å². The molecule has 9 heteroatoms. The Morgan fingerprint density at radius 1 is 1.27 bits per heavy atom. The monoisotopic (exact) mass is 452 g/mol. The lowest BCUT2D eigenvalue weighted by Crippen LogP contribution is -2.26. The average Bonchev–Trinajstić information content (AvgIpc) is 3.08. The summed E-state index contributed by atoms with van der Waals surface area (Å²) >= 11 is 6.51. The number of methoxy groups -OCH3 is 1. The van der Waals surface area contributed by atoms with Gasteiger partial charge in [-0.3, -0.25) is 0 Å². The van der Waals surface area contributed by atoms with E-state index in [1.165, 1.54) is 0 Å². The molecule has 30 heavy (non-hydrogen) atoms. The van der Waals surface area contributed by atoms with Crippen LogP contribution in [-0.2, 0) is 15.4 Å². The molecule has 4 N–H and O–H groups in total. The van der Waals surface area contributed by atoms with Crippen molar-refractivity contribution in [1.29, 1.82) is 0 Å². The van der Waals surface area contributed by atoms with Gasteiger partial charge in [-0.05, 0) is 23.8 Å². The van der Waals surface area contributed by atoms with Gasteiger partial charge in [0, 0.05) is 39.2 Å². The minimum Gasteiger partial charge on any atom is -0.496 e. The van der Waals surface area contributed by atoms with Crippen LogP contribution in [0.15, 0.2) is 36.5 Å². The molecule has 0 saturated heterocycles. The van der Waals surface area contributed by atoms with Crippen LogP contribution in [-0.4, -0.2) is 43.6 Å². The molecule has 3 rings (SSSR count). The predicted octanol–water partition coefficient (Wildman–Crippen LogP) is 3.31. The van der Waals surface area contributed by atoms with Crippen LogP contribution in [0.1, 0.15) is 31.2 Å². The molecule has 3 aromatic rings. The van der Waals surface area contributed by atoms with Crippen LogP contribution in [0.25, 0.3) is 22.0 Å². The van der Waals surface area contributed by atoms with Crippen molar-refractivity contribution in [3.05, 3.63) is 52.7 Å². The molecule has 1 atom stereocenters. The molecule has 0 saturated carbocycles. The van der Waals surface area contributed by atoms with Gasteiger partial charge < -0.3 is 19.9 Å². The molecule has 0 spiro atoms. The van der Waals surface area contributed by atoms with Crippen LogP contribution < -0.4 is 9.46 Å². The molecule has 1 unspecified atom stereocenters. The number of benzene rings is 2. The standard InChI is InChI=1S/C21H25ClN2O5S/c1-21(2,11-25)16-6-5-12(7-19(16)29-3)13-8-14-15(20(26)24-30(4,27)28)10-23-18(14)9-17(13)22/h5-10,20,23-26H,11H2,1-4H3. The first-order chi connectivity index (χ1) is 14.0. The number of fused-ring (bicyclic) bond motifs is 1. The lowest BCUT2D eigenvalue weighted by atomic mass is 9.84. The number of hydrogen-bond acceptors (Lipinski definition) is 5. The fraction of sp³-hybridized carbons (Fsp3) is 0.333. The Labute approximate surface area is 180 Å². The molecule has 0 aliphatic carbocycles. The zero-order valence-corrected chi connectivity index (χ0v) is 18.7. The van der Waals surface area contributed by atoms with Crippen molar-refractivity contribution in [1.82, 2.24) is 9.71 Å². The first-order valence-corrected chi connectivity index (χ1v) is 11.5. The van der Waals surface area contributed by atoms with Crippen LogP contribution in [0.4, 0.5) is 0 Å². The van der Waals surface area contributed by atoms with Gasteiger partial charge in [-0.15, -0.1) is 0 Å². The van der Waals surface area contributed by atoms with Gasteiger partial charge in [-0.25, -0.2) is 8.42 Å². The van der Waals surface area contributed by atoms with Crippen LogP contribution in [0, 0.1) is 0 Å². The number of rotatable bonds is 7. The van der Waals surface area contributed by atoms with E-state index < -0.39 is 21.7 Å². The van der Waals surface area contributed by atoms with Crippen molar-refractivity contribution in [2.45, 2.75) is 25.5 Å². The highest BCUT2D eigenvalue weighted by molar-refractivity contribution is 7.88. The number of aromatic amines is 1. The topological polar surface area (TPSA) is 112 Å². The molecule has 2 aromatic carbocycles. The van der Waals surface area contributed by atoms with Crippen LogP contribution in [0.2, 0.25) is 5.02 Å². The van der Waals surface area contributed by atoms with Crippen molar-refractivity contribution >= 4 is 32.5 Å². The SMILES string of the molecule is COc1cc(-c2cc3c(C(O)NS(C)(=O)=O)c[nH]c3cc2Cl)ccc1C(C)(C)CO. The van der Waals surface area contributed by atoms with Gasteiger partial charge in [0.05, 0.1) is 25.0 Å². The molecular formula is C21H25ClN2O5S. The van der Waals surface area contributed by atoms with Gasteiger partial charge >= 0.3 is 0 Å².